The van der Waals surface area contributed by atoms with Gasteiger partial charge in [-0.25, -0.2) is 4.39 Å². The molecule has 0 aliphatic carbocycles. The zero-order chi connectivity index (χ0) is 18.5. The van der Waals surface area contributed by atoms with Crippen LogP contribution < -0.4 is 10.5 Å². The van der Waals surface area contributed by atoms with Gasteiger partial charge in [-0.05, 0) is 53.7 Å². The average Bonchev–Trinajstić information content (AvgIpc) is 3.05. The second-order valence-corrected chi connectivity index (χ2v) is 5.61. The Morgan fingerprint density at radius 2 is 1.77 bits per heavy atom. The lowest BCUT2D eigenvalue weighted by Crippen LogP contribution is -2.30. The van der Waals surface area contributed by atoms with Gasteiger partial charge in [0.2, 0.25) is 5.82 Å². The monoisotopic (exact) mass is 357 g/mol. The van der Waals surface area contributed by atoms with Crippen LogP contribution in [0.25, 0.3) is 11.4 Å². The molecule has 3 aromatic rings. The van der Waals surface area contributed by atoms with Crippen LogP contribution in [0.4, 0.5) is 4.39 Å². The summed E-state index contributed by atoms with van der Waals surface area (Å²) in [6.45, 7) is 0.158. The molecular weight excluding hydrogens is 341 g/mol. The molecule has 0 amide bonds. The van der Waals surface area contributed by atoms with Crippen LogP contribution in [-0.4, -0.2) is 37.3 Å². The number of benzene rings is 2. The third kappa shape index (κ3) is 4.61. The number of nitrogens with two attached hydrogens (primary N) is 1. The number of carbonyl (C=O) groups is 1. The van der Waals surface area contributed by atoms with E-state index in [9.17, 15) is 9.18 Å². The van der Waals surface area contributed by atoms with Gasteiger partial charge in [0, 0.05) is 11.6 Å². The third-order valence-corrected chi connectivity index (χ3v) is 3.45. The Bertz CT molecular complexity index is 880. The Morgan fingerprint density at radius 3 is 2.38 bits per heavy atom. The summed E-state index contributed by atoms with van der Waals surface area (Å²) in [6.07, 6.45) is -0.174. The Hall–Kier alpha value is -3.33. The minimum atomic E-state index is -0.977. The summed E-state index contributed by atoms with van der Waals surface area (Å²) in [5.74, 6) is 0.187. The molecule has 0 spiro atoms. The van der Waals surface area contributed by atoms with Gasteiger partial charge in [-0.15, -0.1) is 10.2 Å². The molecule has 0 bridgehead atoms. The normalized spacial score (nSPS) is 11.9. The summed E-state index contributed by atoms with van der Waals surface area (Å²) in [7, 11) is 0. The molecule has 134 valence electrons. The predicted molar refractivity (Wildman–Crippen MR) is 90.0 cm³/mol. The fourth-order valence-electron chi connectivity index (χ4n) is 2.25. The van der Waals surface area contributed by atoms with Crippen LogP contribution in [0.3, 0.4) is 0 Å². The highest BCUT2D eigenvalue weighted by Gasteiger charge is 2.12. The number of ether oxygens (including phenoxy) is 1. The summed E-state index contributed by atoms with van der Waals surface area (Å²) < 4.78 is 18.5. The fourth-order valence-corrected chi connectivity index (χ4v) is 2.25. The zero-order valence-corrected chi connectivity index (χ0v) is 13.6. The summed E-state index contributed by atoms with van der Waals surface area (Å²) in [4.78, 5) is 11.9. The highest BCUT2D eigenvalue weighted by Crippen LogP contribution is 2.24. The van der Waals surface area contributed by atoms with Crippen molar-refractivity contribution in [3.63, 3.8) is 0 Å². The Labute approximate surface area is 148 Å². The van der Waals surface area contributed by atoms with E-state index >= 15 is 0 Å². The molecule has 0 radical (unpaired) electrons. The van der Waals surface area contributed by atoms with Gasteiger partial charge < -0.3 is 15.6 Å². The lowest BCUT2D eigenvalue weighted by atomic mass is 10.2. The van der Waals surface area contributed by atoms with Crippen LogP contribution in [-0.2, 0) is 11.3 Å². The molecule has 1 aromatic heterocycles. The molecular formula is C17H16FN5O3. The van der Waals surface area contributed by atoms with Gasteiger partial charge >= 0.3 is 5.97 Å². The molecule has 0 saturated carbocycles. The smallest absolute Gasteiger partial charge is 0.304 e. The average molecular weight is 357 g/mol. The van der Waals surface area contributed by atoms with E-state index in [-0.39, 0.29) is 18.8 Å². The van der Waals surface area contributed by atoms with Gasteiger partial charge in [0.15, 0.2) is 0 Å². The molecule has 0 fully saturated rings. The number of hydrogen-bond donors (Lipinski definition) is 2. The first-order valence-electron chi connectivity index (χ1n) is 7.78. The van der Waals surface area contributed by atoms with E-state index in [1.54, 1.807) is 24.3 Å². The van der Waals surface area contributed by atoms with E-state index < -0.39 is 12.0 Å². The molecule has 9 heteroatoms. The molecule has 0 aliphatic heterocycles. The van der Waals surface area contributed by atoms with Crippen LogP contribution in [0.15, 0.2) is 48.5 Å². The number of carboxylic acid groups (broad SMARTS) is 1. The van der Waals surface area contributed by atoms with E-state index in [0.717, 1.165) is 5.56 Å². The first-order valence-corrected chi connectivity index (χ1v) is 7.78. The minimum absolute atomic E-state index is 0.158. The maximum Gasteiger partial charge on any atom is 0.304 e. The maximum absolute atomic E-state index is 12.9. The van der Waals surface area contributed by atoms with Crippen molar-refractivity contribution < 1.29 is 19.0 Å². The van der Waals surface area contributed by atoms with E-state index in [4.69, 9.17) is 15.6 Å². The summed E-state index contributed by atoms with van der Waals surface area (Å²) in [5.41, 5.74) is 6.42. The van der Waals surface area contributed by atoms with Crippen molar-refractivity contribution in [2.24, 2.45) is 5.73 Å². The van der Waals surface area contributed by atoms with E-state index in [1.165, 1.54) is 29.1 Å². The summed E-state index contributed by atoms with van der Waals surface area (Å²) in [5, 5.41) is 20.7. The second-order valence-electron chi connectivity index (χ2n) is 5.61. The third-order valence-electron chi connectivity index (χ3n) is 3.45. The number of aromatic nitrogens is 4. The van der Waals surface area contributed by atoms with E-state index in [2.05, 4.69) is 15.4 Å². The van der Waals surface area contributed by atoms with Crippen molar-refractivity contribution in [3.05, 3.63) is 54.3 Å². The second kappa shape index (κ2) is 7.70. The molecule has 1 heterocycles. The molecule has 1 atom stereocenters. The van der Waals surface area contributed by atoms with Crippen molar-refractivity contribution in [1.29, 1.82) is 0 Å². The SMILES string of the molecule is N[C@H](CC(=O)O)Cn1nnc(-c2ccc(Oc3ccc(F)cc3)cc2)n1. The predicted octanol–water partition coefficient (Wildman–Crippen LogP) is 2.07. The molecule has 2 aromatic carbocycles. The zero-order valence-electron chi connectivity index (χ0n) is 13.6. The molecule has 0 aliphatic rings. The number of nitrogens with zero attached hydrogens (tertiary/aromatic N) is 4. The van der Waals surface area contributed by atoms with Crippen molar-refractivity contribution >= 4 is 5.97 Å². The Morgan fingerprint density at radius 1 is 1.15 bits per heavy atom. The minimum Gasteiger partial charge on any atom is -0.481 e. The highest BCUT2D eigenvalue weighted by molar-refractivity contribution is 5.67. The van der Waals surface area contributed by atoms with Crippen molar-refractivity contribution in [2.45, 2.75) is 19.0 Å². The van der Waals surface area contributed by atoms with Crippen LogP contribution in [0, 0.1) is 5.82 Å². The van der Waals surface area contributed by atoms with Crippen LogP contribution in [0.5, 0.6) is 11.5 Å². The number of aliphatic carboxylic acids is 1. The van der Waals surface area contributed by atoms with Crippen molar-refractivity contribution in [2.75, 3.05) is 0 Å². The van der Waals surface area contributed by atoms with E-state index in [1.807, 2.05) is 0 Å². The lowest BCUT2D eigenvalue weighted by molar-refractivity contribution is -0.137. The van der Waals surface area contributed by atoms with Gasteiger partial charge in [0.1, 0.15) is 17.3 Å². The number of rotatable bonds is 7. The standard InChI is InChI=1S/C17H16FN5O3/c18-12-3-7-15(8-4-12)26-14-5-1-11(2-6-14)17-20-22-23(21-17)10-13(19)9-16(24)25/h1-8,13H,9-10,19H2,(H,24,25)/t13-/m1/s1. The van der Waals surface area contributed by atoms with Crippen LogP contribution in [0.2, 0.25) is 0 Å². The first-order chi connectivity index (χ1) is 12.5. The van der Waals surface area contributed by atoms with Crippen molar-refractivity contribution in [1.82, 2.24) is 20.2 Å². The largest absolute Gasteiger partial charge is 0.481 e. The molecule has 8 nitrogen and oxygen atoms in total. The molecule has 26 heavy (non-hydrogen) atoms. The Balaban J connectivity index is 1.65. The van der Waals surface area contributed by atoms with Gasteiger partial charge in [-0.2, -0.15) is 4.80 Å². The number of carboxylic acids is 1. The van der Waals surface area contributed by atoms with Crippen molar-refractivity contribution in [3.8, 4) is 22.9 Å². The van der Waals surface area contributed by atoms with Gasteiger partial charge in [0.25, 0.3) is 0 Å². The molecule has 3 N–H and O–H groups in total. The Kier molecular flexibility index (Phi) is 5.18. The molecule has 0 saturated heterocycles. The summed E-state index contributed by atoms with van der Waals surface area (Å²) in [6, 6.07) is 12.1. The van der Waals surface area contributed by atoms with Crippen LogP contribution in [0.1, 0.15) is 6.42 Å². The quantitative estimate of drug-likeness (QED) is 0.665. The van der Waals surface area contributed by atoms with E-state index in [0.29, 0.717) is 17.3 Å². The number of halogens is 1. The van der Waals surface area contributed by atoms with Gasteiger partial charge in [-0.1, -0.05) is 0 Å². The van der Waals surface area contributed by atoms with Gasteiger partial charge in [0.05, 0.1) is 13.0 Å². The molecule has 3 rings (SSSR count). The molecule has 0 unspecified atom stereocenters. The highest BCUT2D eigenvalue weighted by atomic mass is 19.1. The van der Waals surface area contributed by atoms with Gasteiger partial charge in [-0.3, -0.25) is 4.79 Å². The number of tetrazole rings is 1. The van der Waals surface area contributed by atoms with Crippen LogP contribution >= 0.6 is 0 Å². The fraction of sp³-hybridized carbons (Fsp3) is 0.176. The number of hydrogen-bond acceptors (Lipinski definition) is 6. The first kappa shape index (κ1) is 17.5. The lowest BCUT2D eigenvalue weighted by Gasteiger charge is -2.06. The summed E-state index contributed by atoms with van der Waals surface area (Å²) >= 11 is 0. The maximum atomic E-state index is 12.9. The topological polar surface area (TPSA) is 116 Å².